The molecule has 1 aromatic carbocycles. The SMILES string of the molecule is Cc1ccc2c(NC(=O)NCCN3CCC(O)(Cc4ccccc4)CC3)ccnc2n1. The van der Waals surface area contributed by atoms with Crippen molar-refractivity contribution in [3.05, 3.63) is 66.0 Å². The van der Waals surface area contributed by atoms with Crippen LogP contribution in [0, 0.1) is 6.92 Å². The summed E-state index contributed by atoms with van der Waals surface area (Å²) < 4.78 is 0. The normalized spacial score (nSPS) is 16.2. The Morgan fingerprint density at radius 1 is 1.13 bits per heavy atom. The van der Waals surface area contributed by atoms with Gasteiger partial charge in [-0.1, -0.05) is 30.3 Å². The topological polar surface area (TPSA) is 90.4 Å². The van der Waals surface area contributed by atoms with Crippen LogP contribution in [0.4, 0.5) is 10.5 Å². The maximum Gasteiger partial charge on any atom is 0.319 e. The van der Waals surface area contributed by atoms with E-state index in [1.54, 1.807) is 12.3 Å². The second-order valence-corrected chi connectivity index (χ2v) is 8.29. The monoisotopic (exact) mass is 419 g/mol. The van der Waals surface area contributed by atoms with Crippen LogP contribution >= 0.6 is 0 Å². The Morgan fingerprint density at radius 2 is 1.90 bits per heavy atom. The van der Waals surface area contributed by atoms with Gasteiger partial charge in [-0.3, -0.25) is 0 Å². The quantitative estimate of drug-likeness (QED) is 0.571. The van der Waals surface area contributed by atoms with E-state index >= 15 is 0 Å². The fourth-order valence-corrected chi connectivity index (χ4v) is 4.07. The molecule has 1 aliphatic heterocycles. The number of benzene rings is 1. The van der Waals surface area contributed by atoms with Gasteiger partial charge < -0.3 is 20.6 Å². The molecular weight excluding hydrogens is 390 g/mol. The Hall–Kier alpha value is -3.03. The van der Waals surface area contributed by atoms with Gasteiger partial charge in [-0.2, -0.15) is 0 Å². The fraction of sp³-hybridized carbons (Fsp3) is 0.375. The summed E-state index contributed by atoms with van der Waals surface area (Å²) in [4.78, 5) is 23.3. The zero-order valence-corrected chi connectivity index (χ0v) is 17.8. The minimum atomic E-state index is -0.641. The molecule has 3 N–H and O–H groups in total. The molecule has 4 rings (SSSR count). The minimum absolute atomic E-state index is 0.245. The van der Waals surface area contributed by atoms with Crippen molar-refractivity contribution in [3.63, 3.8) is 0 Å². The number of nitrogens with one attached hydrogen (secondary N) is 2. The van der Waals surface area contributed by atoms with Crippen molar-refractivity contribution < 1.29 is 9.90 Å². The first kappa shape index (κ1) is 21.2. The van der Waals surface area contributed by atoms with Gasteiger partial charge in [0.2, 0.25) is 0 Å². The number of amides is 2. The summed E-state index contributed by atoms with van der Waals surface area (Å²) in [6.45, 7) is 4.87. The van der Waals surface area contributed by atoms with Gasteiger partial charge in [-0.15, -0.1) is 0 Å². The van der Waals surface area contributed by atoms with E-state index in [0.717, 1.165) is 43.6 Å². The molecule has 2 aromatic heterocycles. The maximum atomic E-state index is 12.3. The molecule has 7 nitrogen and oxygen atoms in total. The van der Waals surface area contributed by atoms with Crippen LogP contribution in [0.15, 0.2) is 54.7 Å². The molecule has 162 valence electrons. The van der Waals surface area contributed by atoms with Crippen LogP contribution in [0.3, 0.4) is 0 Å². The molecule has 7 heteroatoms. The van der Waals surface area contributed by atoms with E-state index in [-0.39, 0.29) is 6.03 Å². The van der Waals surface area contributed by atoms with Crippen molar-refractivity contribution in [1.29, 1.82) is 0 Å². The van der Waals surface area contributed by atoms with E-state index in [9.17, 15) is 9.90 Å². The number of anilines is 1. The van der Waals surface area contributed by atoms with Gasteiger partial charge in [0.15, 0.2) is 5.65 Å². The lowest BCUT2D eigenvalue weighted by atomic mass is 9.85. The number of aromatic nitrogens is 2. The lowest BCUT2D eigenvalue weighted by Crippen LogP contribution is -2.47. The standard InChI is InChI=1S/C24H29N5O2/c1-18-7-8-20-21(9-12-25-22(20)27-18)28-23(30)26-13-16-29-14-10-24(31,11-15-29)17-19-5-3-2-4-6-19/h2-9,12,31H,10-11,13-17H2,1H3,(H2,25,26,27,28,30). The number of carbonyl (C=O) groups excluding carboxylic acids is 1. The van der Waals surface area contributed by atoms with Crippen LogP contribution in [0.5, 0.6) is 0 Å². The highest BCUT2D eigenvalue weighted by atomic mass is 16.3. The molecular formula is C24H29N5O2. The predicted molar refractivity (Wildman–Crippen MR) is 122 cm³/mol. The molecule has 0 spiro atoms. The van der Waals surface area contributed by atoms with Crippen molar-refractivity contribution in [2.75, 3.05) is 31.5 Å². The molecule has 0 saturated carbocycles. The number of piperidine rings is 1. The summed E-state index contributed by atoms with van der Waals surface area (Å²) in [5.74, 6) is 0. The van der Waals surface area contributed by atoms with Crippen LogP contribution in [0.25, 0.3) is 11.0 Å². The first-order valence-corrected chi connectivity index (χ1v) is 10.8. The Kier molecular flexibility index (Phi) is 6.44. The molecule has 3 heterocycles. The highest BCUT2D eigenvalue weighted by Gasteiger charge is 2.32. The summed E-state index contributed by atoms with van der Waals surface area (Å²) in [6, 6.07) is 15.5. The smallest absolute Gasteiger partial charge is 0.319 e. The molecule has 2 amide bonds. The third-order valence-corrected chi connectivity index (χ3v) is 5.87. The van der Waals surface area contributed by atoms with Gasteiger partial charge in [-0.25, -0.2) is 14.8 Å². The van der Waals surface area contributed by atoms with Crippen molar-refractivity contribution in [2.24, 2.45) is 0 Å². The number of aryl methyl sites for hydroxylation is 1. The van der Waals surface area contributed by atoms with E-state index in [0.29, 0.717) is 24.3 Å². The summed E-state index contributed by atoms with van der Waals surface area (Å²) in [7, 11) is 0. The fourth-order valence-electron chi connectivity index (χ4n) is 4.07. The summed E-state index contributed by atoms with van der Waals surface area (Å²) in [6.07, 6.45) is 3.82. The van der Waals surface area contributed by atoms with E-state index in [2.05, 4.69) is 37.6 Å². The van der Waals surface area contributed by atoms with Crippen LogP contribution in [0.1, 0.15) is 24.1 Å². The molecule has 1 aliphatic rings. The van der Waals surface area contributed by atoms with Crippen molar-refractivity contribution in [2.45, 2.75) is 31.8 Å². The Labute approximate surface area is 182 Å². The molecule has 0 unspecified atom stereocenters. The van der Waals surface area contributed by atoms with Crippen LogP contribution in [-0.2, 0) is 6.42 Å². The molecule has 31 heavy (non-hydrogen) atoms. The van der Waals surface area contributed by atoms with Gasteiger partial charge in [-0.05, 0) is 43.5 Å². The lowest BCUT2D eigenvalue weighted by molar-refractivity contribution is -0.0201. The number of carbonyl (C=O) groups is 1. The van der Waals surface area contributed by atoms with Crippen LogP contribution in [0.2, 0.25) is 0 Å². The number of likely N-dealkylation sites (tertiary alicyclic amines) is 1. The summed E-state index contributed by atoms with van der Waals surface area (Å²) in [5.41, 5.74) is 2.73. The third kappa shape index (κ3) is 5.57. The number of rotatable bonds is 6. The van der Waals surface area contributed by atoms with Crippen molar-refractivity contribution >= 4 is 22.8 Å². The second-order valence-electron chi connectivity index (χ2n) is 8.29. The second kappa shape index (κ2) is 9.41. The van der Waals surface area contributed by atoms with Gasteiger partial charge in [0.1, 0.15) is 0 Å². The zero-order chi connectivity index (χ0) is 21.7. The van der Waals surface area contributed by atoms with E-state index in [1.165, 1.54) is 5.56 Å². The Bertz CT molecular complexity index is 1030. The molecule has 0 bridgehead atoms. The van der Waals surface area contributed by atoms with E-state index in [4.69, 9.17) is 0 Å². The Balaban J connectivity index is 1.22. The molecule has 0 atom stereocenters. The molecule has 1 fully saturated rings. The number of nitrogens with zero attached hydrogens (tertiary/aromatic N) is 3. The molecule has 1 saturated heterocycles. The largest absolute Gasteiger partial charge is 0.389 e. The zero-order valence-electron chi connectivity index (χ0n) is 17.8. The minimum Gasteiger partial charge on any atom is -0.389 e. The number of aliphatic hydroxyl groups is 1. The first-order chi connectivity index (χ1) is 15.0. The van der Waals surface area contributed by atoms with Gasteiger partial charge >= 0.3 is 6.03 Å². The number of fused-ring (bicyclic) bond motifs is 1. The van der Waals surface area contributed by atoms with Crippen LogP contribution < -0.4 is 10.6 Å². The summed E-state index contributed by atoms with van der Waals surface area (Å²) >= 11 is 0. The van der Waals surface area contributed by atoms with Gasteiger partial charge in [0.25, 0.3) is 0 Å². The number of hydrogen-bond acceptors (Lipinski definition) is 5. The first-order valence-electron chi connectivity index (χ1n) is 10.8. The highest BCUT2D eigenvalue weighted by molar-refractivity contribution is 5.99. The number of urea groups is 1. The summed E-state index contributed by atoms with van der Waals surface area (Å²) in [5, 5.41) is 17.5. The van der Waals surface area contributed by atoms with Gasteiger partial charge in [0, 0.05) is 49.9 Å². The van der Waals surface area contributed by atoms with Crippen LogP contribution in [-0.4, -0.2) is 57.8 Å². The molecule has 0 radical (unpaired) electrons. The average Bonchev–Trinajstić information content (AvgIpc) is 2.76. The molecule has 3 aromatic rings. The number of hydrogen-bond donors (Lipinski definition) is 3. The molecule has 0 aliphatic carbocycles. The van der Waals surface area contributed by atoms with E-state index in [1.807, 2.05) is 37.3 Å². The van der Waals surface area contributed by atoms with E-state index < -0.39 is 5.60 Å². The third-order valence-electron chi connectivity index (χ3n) is 5.87. The Morgan fingerprint density at radius 3 is 2.68 bits per heavy atom. The van der Waals surface area contributed by atoms with Gasteiger partial charge in [0.05, 0.1) is 11.3 Å². The highest BCUT2D eigenvalue weighted by Crippen LogP contribution is 2.26. The maximum absolute atomic E-state index is 12.3. The van der Waals surface area contributed by atoms with Crippen molar-refractivity contribution in [1.82, 2.24) is 20.2 Å². The predicted octanol–water partition coefficient (Wildman–Crippen LogP) is 3.13. The van der Waals surface area contributed by atoms with Crippen molar-refractivity contribution in [3.8, 4) is 0 Å². The number of pyridine rings is 2. The average molecular weight is 420 g/mol. The lowest BCUT2D eigenvalue weighted by Gasteiger charge is -2.38.